The van der Waals surface area contributed by atoms with Crippen molar-refractivity contribution in [3.05, 3.63) is 89.2 Å². The fourth-order valence-corrected chi connectivity index (χ4v) is 3.25. The summed E-state index contributed by atoms with van der Waals surface area (Å²) in [6.45, 7) is 2.41. The van der Waals surface area contributed by atoms with Gasteiger partial charge in [-0.1, -0.05) is 42.0 Å². The minimum absolute atomic E-state index is 0.129. The highest BCUT2D eigenvalue weighted by Gasteiger charge is 2.13. The first kappa shape index (κ1) is 19.3. The standard InChI is InChI=1S/C23H20N4O3/c1-15-6-9-17(10-7-15)23(30)25-21-11-8-16(13-24-21)14-27-20-5-3-2-4-18(20)19(26-27)12-22(28)29/h2-11,13H,12,14H2,1H3,(H,28,29)(H,24,25,30). The van der Waals surface area contributed by atoms with Gasteiger partial charge in [0.25, 0.3) is 5.91 Å². The number of rotatable bonds is 6. The van der Waals surface area contributed by atoms with Crippen LogP contribution in [0.3, 0.4) is 0 Å². The van der Waals surface area contributed by atoms with E-state index in [0.717, 1.165) is 22.0 Å². The number of para-hydroxylation sites is 1. The number of carbonyl (C=O) groups excluding carboxylic acids is 1. The third-order valence-corrected chi connectivity index (χ3v) is 4.77. The highest BCUT2D eigenvalue weighted by Crippen LogP contribution is 2.20. The number of carbonyl (C=O) groups is 2. The van der Waals surface area contributed by atoms with Crippen LogP contribution in [-0.4, -0.2) is 31.7 Å². The summed E-state index contributed by atoms with van der Waals surface area (Å²) in [7, 11) is 0. The molecule has 150 valence electrons. The molecule has 0 atom stereocenters. The highest BCUT2D eigenvalue weighted by atomic mass is 16.4. The minimum atomic E-state index is -0.916. The van der Waals surface area contributed by atoms with Crippen molar-refractivity contribution in [2.45, 2.75) is 19.9 Å². The predicted octanol–water partition coefficient (Wildman–Crippen LogP) is 3.67. The van der Waals surface area contributed by atoms with Crippen LogP contribution in [0, 0.1) is 6.92 Å². The molecular weight excluding hydrogens is 380 g/mol. The molecule has 4 rings (SSSR count). The summed E-state index contributed by atoms with van der Waals surface area (Å²) in [5.41, 5.74) is 3.95. The topological polar surface area (TPSA) is 97.1 Å². The summed E-state index contributed by atoms with van der Waals surface area (Å²) in [5, 5.41) is 17.2. The van der Waals surface area contributed by atoms with E-state index >= 15 is 0 Å². The molecule has 0 aliphatic heterocycles. The van der Waals surface area contributed by atoms with Crippen molar-refractivity contribution in [1.82, 2.24) is 14.8 Å². The van der Waals surface area contributed by atoms with Crippen molar-refractivity contribution < 1.29 is 14.7 Å². The van der Waals surface area contributed by atoms with Crippen LogP contribution in [0.2, 0.25) is 0 Å². The van der Waals surface area contributed by atoms with Crippen LogP contribution in [0.4, 0.5) is 5.82 Å². The molecule has 7 nitrogen and oxygen atoms in total. The zero-order chi connectivity index (χ0) is 21.1. The zero-order valence-electron chi connectivity index (χ0n) is 16.4. The van der Waals surface area contributed by atoms with Crippen LogP contribution in [0.15, 0.2) is 66.9 Å². The van der Waals surface area contributed by atoms with Gasteiger partial charge in [0, 0.05) is 17.1 Å². The zero-order valence-corrected chi connectivity index (χ0v) is 16.4. The van der Waals surface area contributed by atoms with Crippen LogP contribution in [0.5, 0.6) is 0 Å². The second kappa shape index (κ2) is 8.16. The maximum Gasteiger partial charge on any atom is 0.309 e. The van der Waals surface area contributed by atoms with Gasteiger partial charge in [0.2, 0.25) is 0 Å². The smallest absolute Gasteiger partial charge is 0.309 e. The van der Waals surface area contributed by atoms with Gasteiger partial charge in [-0.15, -0.1) is 0 Å². The second-order valence-electron chi connectivity index (χ2n) is 7.06. The van der Waals surface area contributed by atoms with E-state index in [0.29, 0.717) is 23.6 Å². The predicted molar refractivity (Wildman–Crippen MR) is 114 cm³/mol. The number of benzene rings is 2. The lowest BCUT2D eigenvalue weighted by atomic mass is 10.1. The molecule has 0 aliphatic carbocycles. The molecule has 0 saturated heterocycles. The van der Waals surface area contributed by atoms with Crippen LogP contribution in [0.25, 0.3) is 10.9 Å². The quantitative estimate of drug-likeness (QED) is 0.515. The monoisotopic (exact) mass is 400 g/mol. The molecule has 0 radical (unpaired) electrons. The molecule has 2 N–H and O–H groups in total. The Morgan fingerprint density at radius 2 is 1.80 bits per heavy atom. The molecule has 0 bridgehead atoms. The number of aliphatic carboxylic acids is 1. The van der Waals surface area contributed by atoms with Crippen LogP contribution < -0.4 is 5.32 Å². The number of hydrogen-bond acceptors (Lipinski definition) is 4. The first-order chi connectivity index (χ1) is 14.5. The molecule has 30 heavy (non-hydrogen) atoms. The fraction of sp³-hybridized carbons (Fsp3) is 0.130. The maximum atomic E-state index is 12.3. The van der Waals surface area contributed by atoms with Crippen molar-refractivity contribution >= 4 is 28.6 Å². The number of aryl methyl sites for hydroxylation is 1. The summed E-state index contributed by atoms with van der Waals surface area (Å²) in [6, 6.07) is 18.5. The van der Waals surface area contributed by atoms with Gasteiger partial charge in [-0.3, -0.25) is 14.3 Å². The third-order valence-electron chi connectivity index (χ3n) is 4.77. The van der Waals surface area contributed by atoms with Crippen molar-refractivity contribution in [2.75, 3.05) is 5.32 Å². The van der Waals surface area contributed by atoms with E-state index in [1.54, 1.807) is 29.1 Å². The maximum absolute atomic E-state index is 12.3. The first-order valence-corrected chi connectivity index (χ1v) is 9.49. The number of carboxylic acid groups (broad SMARTS) is 1. The van der Waals surface area contributed by atoms with Gasteiger partial charge in [-0.05, 0) is 36.8 Å². The first-order valence-electron chi connectivity index (χ1n) is 9.49. The highest BCUT2D eigenvalue weighted by molar-refractivity contribution is 6.03. The van der Waals surface area contributed by atoms with Crippen LogP contribution in [-0.2, 0) is 17.8 Å². The summed E-state index contributed by atoms with van der Waals surface area (Å²) < 4.78 is 1.77. The second-order valence-corrected chi connectivity index (χ2v) is 7.06. The van der Waals surface area contributed by atoms with Gasteiger partial charge in [0.15, 0.2) is 0 Å². The molecule has 0 spiro atoms. The van der Waals surface area contributed by atoms with Gasteiger partial charge >= 0.3 is 5.97 Å². The van der Waals surface area contributed by atoms with E-state index in [4.69, 9.17) is 5.11 Å². The Kier molecular flexibility index (Phi) is 5.26. The van der Waals surface area contributed by atoms with Crippen molar-refractivity contribution in [3.63, 3.8) is 0 Å². The van der Waals surface area contributed by atoms with Gasteiger partial charge in [0.1, 0.15) is 5.82 Å². The number of amides is 1. The van der Waals surface area contributed by atoms with E-state index in [1.165, 1.54) is 0 Å². The lowest BCUT2D eigenvalue weighted by molar-refractivity contribution is -0.136. The number of pyridine rings is 1. The number of nitrogens with one attached hydrogen (secondary N) is 1. The van der Waals surface area contributed by atoms with Crippen LogP contribution in [0.1, 0.15) is 27.2 Å². The largest absolute Gasteiger partial charge is 0.481 e. The molecule has 0 saturated carbocycles. The lowest BCUT2D eigenvalue weighted by Gasteiger charge is -2.07. The van der Waals surface area contributed by atoms with E-state index < -0.39 is 5.97 Å². The Hall–Kier alpha value is -4.00. The lowest BCUT2D eigenvalue weighted by Crippen LogP contribution is -2.13. The molecule has 0 unspecified atom stereocenters. The number of aromatic nitrogens is 3. The van der Waals surface area contributed by atoms with E-state index in [9.17, 15) is 9.59 Å². The molecule has 2 aromatic heterocycles. The van der Waals surface area contributed by atoms with Gasteiger partial charge < -0.3 is 10.4 Å². The number of fused-ring (bicyclic) bond motifs is 1. The normalized spacial score (nSPS) is 10.8. The molecule has 0 aliphatic rings. The molecule has 0 fully saturated rings. The minimum Gasteiger partial charge on any atom is -0.481 e. The van der Waals surface area contributed by atoms with E-state index in [2.05, 4.69) is 15.4 Å². The van der Waals surface area contributed by atoms with Crippen molar-refractivity contribution in [1.29, 1.82) is 0 Å². The van der Waals surface area contributed by atoms with Gasteiger partial charge in [-0.2, -0.15) is 5.10 Å². The molecule has 7 heteroatoms. The number of carboxylic acids is 1. The number of hydrogen-bond donors (Lipinski definition) is 2. The van der Waals surface area contributed by atoms with Crippen molar-refractivity contribution in [3.8, 4) is 0 Å². The number of nitrogens with zero attached hydrogens (tertiary/aromatic N) is 3. The third kappa shape index (κ3) is 4.20. The Morgan fingerprint density at radius 3 is 2.50 bits per heavy atom. The summed E-state index contributed by atoms with van der Waals surface area (Å²) in [4.78, 5) is 27.8. The SMILES string of the molecule is Cc1ccc(C(=O)Nc2ccc(Cn3nc(CC(=O)O)c4ccccc43)cn2)cc1. The Morgan fingerprint density at radius 1 is 1.03 bits per heavy atom. The Balaban J connectivity index is 1.50. The number of anilines is 1. The van der Waals surface area contributed by atoms with E-state index in [-0.39, 0.29) is 12.3 Å². The van der Waals surface area contributed by atoms with Gasteiger partial charge in [-0.25, -0.2) is 4.98 Å². The van der Waals surface area contributed by atoms with E-state index in [1.807, 2.05) is 49.4 Å². The fourth-order valence-electron chi connectivity index (χ4n) is 3.25. The molecule has 2 heterocycles. The summed E-state index contributed by atoms with van der Waals surface area (Å²) >= 11 is 0. The van der Waals surface area contributed by atoms with Crippen molar-refractivity contribution in [2.24, 2.45) is 0 Å². The summed E-state index contributed by atoms with van der Waals surface area (Å²) in [5.74, 6) is -0.673. The molecular formula is C23H20N4O3. The Labute approximate surface area is 173 Å². The molecule has 1 amide bonds. The molecule has 2 aromatic carbocycles. The average molecular weight is 400 g/mol. The molecule has 4 aromatic rings. The van der Waals surface area contributed by atoms with Gasteiger partial charge in [0.05, 0.1) is 24.2 Å². The Bertz CT molecular complexity index is 1210. The average Bonchev–Trinajstić information content (AvgIpc) is 3.07. The summed E-state index contributed by atoms with van der Waals surface area (Å²) in [6.07, 6.45) is 1.55. The van der Waals surface area contributed by atoms with Crippen LogP contribution >= 0.6 is 0 Å².